The summed E-state index contributed by atoms with van der Waals surface area (Å²) in [6.45, 7) is 8.88. The highest BCUT2D eigenvalue weighted by atomic mass is 15.1. The van der Waals surface area contributed by atoms with E-state index in [1.54, 1.807) is 0 Å². The number of hydrogen-bond acceptors (Lipinski definition) is 3. The van der Waals surface area contributed by atoms with Crippen LogP contribution in [0, 0.1) is 5.41 Å². The van der Waals surface area contributed by atoms with Crippen molar-refractivity contribution in [2.45, 2.75) is 52.5 Å². The Bertz CT molecular complexity index is 364. The maximum atomic E-state index is 4.57. The van der Waals surface area contributed by atoms with E-state index in [0.717, 1.165) is 11.6 Å². The lowest BCUT2D eigenvalue weighted by atomic mass is 9.88. The van der Waals surface area contributed by atoms with Crippen LogP contribution in [0.1, 0.15) is 52.3 Å². The van der Waals surface area contributed by atoms with E-state index < -0.39 is 0 Å². The molecule has 0 spiro atoms. The third kappa shape index (κ3) is 2.71. The molecule has 0 aromatic carbocycles. The Labute approximate surface area is 97.7 Å². The first-order valence-electron chi connectivity index (χ1n) is 6.06. The van der Waals surface area contributed by atoms with Gasteiger partial charge in [-0.05, 0) is 31.2 Å². The minimum Gasteiger partial charge on any atom is -0.367 e. The van der Waals surface area contributed by atoms with Gasteiger partial charge in [0.05, 0.1) is 0 Å². The third-order valence-electron chi connectivity index (χ3n) is 3.28. The van der Waals surface area contributed by atoms with Gasteiger partial charge in [-0.3, -0.25) is 0 Å². The maximum Gasteiger partial charge on any atom is 0.133 e. The Hall–Kier alpha value is -1.12. The van der Waals surface area contributed by atoms with Crippen molar-refractivity contribution in [3.05, 3.63) is 18.1 Å². The summed E-state index contributed by atoms with van der Waals surface area (Å²) in [4.78, 5) is 8.89. The molecule has 1 N–H and O–H groups in total. The Balaban J connectivity index is 2.06. The molecule has 3 heteroatoms. The summed E-state index contributed by atoms with van der Waals surface area (Å²) in [5, 5.41) is 3.45. The molecule has 0 bridgehead atoms. The molecule has 1 unspecified atom stereocenters. The molecule has 16 heavy (non-hydrogen) atoms. The van der Waals surface area contributed by atoms with Crippen molar-refractivity contribution in [3.8, 4) is 0 Å². The monoisotopic (exact) mass is 219 g/mol. The number of nitrogens with one attached hydrogen (secondary N) is 1. The van der Waals surface area contributed by atoms with Crippen LogP contribution in [0.2, 0.25) is 0 Å². The van der Waals surface area contributed by atoms with Gasteiger partial charge < -0.3 is 5.32 Å². The highest BCUT2D eigenvalue weighted by molar-refractivity contribution is 5.35. The first kappa shape index (κ1) is 11.4. The average Bonchev–Trinajstić information content (AvgIpc) is 2.99. The minimum absolute atomic E-state index is 0.241. The van der Waals surface area contributed by atoms with E-state index in [-0.39, 0.29) is 5.41 Å². The topological polar surface area (TPSA) is 37.8 Å². The van der Waals surface area contributed by atoms with Gasteiger partial charge in [0.1, 0.15) is 11.6 Å². The highest BCUT2D eigenvalue weighted by Crippen LogP contribution is 2.38. The molecule has 1 heterocycles. The Morgan fingerprint density at radius 3 is 2.62 bits per heavy atom. The molecule has 0 saturated heterocycles. The fourth-order valence-corrected chi connectivity index (χ4v) is 1.43. The van der Waals surface area contributed by atoms with Gasteiger partial charge in [-0.15, -0.1) is 0 Å². The van der Waals surface area contributed by atoms with Crippen LogP contribution in [0.5, 0.6) is 0 Å². The lowest BCUT2D eigenvalue weighted by Crippen LogP contribution is -2.31. The Morgan fingerprint density at radius 2 is 2.06 bits per heavy atom. The zero-order valence-corrected chi connectivity index (χ0v) is 10.6. The number of aromatic nitrogens is 2. The van der Waals surface area contributed by atoms with Crippen LogP contribution in [0.15, 0.2) is 12.3 Å². The molecule has 0 aliphatic heterocycles. The first-order chi connectivity index (χ1) is 7.47. The van der Waals surface area contributed by atoms with E-state index in [9.17, 15) is 0 Å². The minimum atomic E-state index is 0.241. The zero-order chi connectivity index (χ0) is 11.8. The molecular weight excluding hydrogens is 198 g/mol. The van der Waals surface area contributed by atoms with Gasteiger partial charge in [-0.25, -0.2) is 9.97 Å². The lowest BCUT2D eigenvalue weighted by Gasteiger charge is -2.28. The zero-order valence-electron chi connectivity index (χ0n) is 10.6. The first-order valence-corrected chi connectivity index (χ1v) is 6.06. The Kier molecular flexibility index (Phi) is 2.87. The molecular formula is C13H21N3. The van der Waals surface area contributed by atoms with E-state index in [0.29, 0.717) is 12.0 Å². The summed E-state index contributed by atoms with van der Waals surface area (Å²) >= 11 is 0. The second kappa shape index (κ2) is 4.04. The molecule has 1 fully saturated rings. The van der Waals surface area contributed by atoms with Crippen LogP contribution < -0.4 is 5.32 Å². The summed E-state index contributed by atoms with van der Waals surface area (Å²) < 4.78 is 0. The highest BCUT2D eigenvalue weighted by Gasteiger charge is 2.27. The number of rotatable bonds is 3. The molecule has 3 nitrogen and oxygen atoms in total. The van der Waals surface area contributed by atoms with E-state index in [2.05, 4.69) is 43.0 Å². The SMILES string of the molecule is CC(Nc1ccnc(C2CC2)n1)C(C)(C)C. The second-order valence-corrected chi connectivity index (χ2v) is 5.81. The smallest absolute Gasteiger partial charge is 0.133 e. The molecule has 1 atom stereocenters. The summed E-state index contributed by atoms with van der Waals surface area (Å²) in [5.41, 5.74) is 0.241. The molecule has 1 aromatic heterocycles. The van der Waals surface area contributed by atoms with Crippen molar-refractivity contribution < 1.29 is 0 Å². The number of hydrogen-bond donors (Lipinski definition) is 1. The summed E-state index contributed by atoms with van der Waals surface area (Å²) in [7, 11) is 0. The van der Waals surface area contributed by atoms with Gasteiger partial charge in [-0.2, -0.15) is 0 Å². The van der Waals surface area contributed by atoms with Crippen molar-refractivity contribution in [2.24, 2.45) is 5.41 Å². The molecule has 0 radical (unpaired) electrons. The van der Waals surface area contributed by atoms with Crippen LogP contribution in [-0.2, 0) is 0 Å². The van der Waals surface area contributed by atoms with Crippen molar-refractivity contribution in [2.75, 3.05) is 5.32 Å². The van der Waals surface area contributed by atoms with Crippen LogP contribution >= 0.6 is 0 Å². The van der Waals surface area contributed by atoms with Crippen LogP contribution in [0.3, 0.4) is 0 Å². The van der Waals surface area contributed by atoms with E-state index in [4.69, 9.17) is 0 Å². The molecule has 0 amide bonds. The van der Waals surface area contributed by atoms with Crippen molar-refractivity contribution in [1.82, 2.24) is 9.97 Å². The standard InChI is InChI=1S/C13H21N3/c1-9(13(2,3)4)15-11-7-8-14-12(16-11)10-5-6-10/h7-10H,5-6H2,1-4H3,(H,14,15,16). The van der Waals surface area contributed by atoms with Crippen molar-refractivity contribution >= 4 is 5.82 Å². The lowest BCUT2D eigenvalue weighted by molar-refractivity contribution is 0.358. The summed E-state index contributed by atoms with van der Waals surface area (Å²) in [5.74, 6) is 2.58. The molecule has 1 aromatic rings. The van der Waals surface area contributed by atoms with Crippen molar-refractivity contribution in [1.29, 1.82) is 0 Å². The van der Waals surface area contributed by atoms with E-state index >= 15 is 0 Å². The van der Waals surface area contributed by atoms with Gasteiger partial charge in [0.25, 0.3) is 0 Å². The molecule has 1 aliphatic carbocycles. The Morgan fingerprint density at radius 1 is 1.38 bits per heavy atom. The quantitative estimate of drug-likeness (QED) is 0.848. The average molecular weight is 219 g/mol. The predicted octanol–water partition coefficient (Wildman–Crippen LogP) is 3.20. The van der Waals surface area contributed by atoms with Gasteiger partial charge in [0.15, 0.2) is 0 Å². The summed E-state index contributed by atoms with van der Waals surface area (Å²) in [6.07, 6.45) is 4.36. The van der Waals surface area contributed by atoms with Crippen molar-refractivity contribution in [3.63, 3.8) is 0 Å². The number of anilines is 1. The van der Waals surface area contributed by atoms with Gasteiger partial charge in [0.2, 0.25) is 0 Å². The van der Waals surface area contributed by atoms with Gasteiger partial charge >= 0.3 is 0 Å². The van der Waals surface area contributed by atoms with E-state index in [1.807, 2.05) is 12.3 Å². The third-order valence-corrected chi connectivity index (χ3v) is 3.28. The normalized spacial score (nSPS) is 18.2. The second-order valence-electron chi connectivity index (χ2n) is 5.81. The van der Waals surface area contributed by atoms with Crippen LogP contribution in [0.4, 0.5) is 5.82 Å². The predicted molar refractivity (Wildman–Crippen MR) is 66.5 cm³/mol. The molecule has 2 rings (SSSR count). The van der Waals surface area contributed by atoms with Gasteiger partial charge in [-0.1, -0.05) is 20.8 Å². The van der Waals surface area contributed by atoms with Crippen LogP contribution in [0.25, 0.3) is 0 Å². The molecule has 1 saturated carbocycles. The molecule has 1 aliphatic rings. The molecule has 88 valence electrons. The summed E-state index contributed by atoms with van der Waals surface area (Å²) in [6, 6.07) is 2.35. The van der Waals surface area contributed by atoms with Gasteiger partial charge in [0, 0.05) is 18.2 Å². The largest absolute Gasteiger partial charge is 0.367 e. The maximum absolute atomic E-state index is 4.57. The number of nitrogens with zero attached hydrogens (tertiary/aromatic N) is 2. The van der Waals surface area contributed by atoms with E-state index in [1.165, 1.54) is 12.8 Å². The fourth-order valence-electron chi connectivity index (χ4n) is 1.43. The van der Waals surface area contributed by atoms with Crippen LogP contribution in [-0.4, -0.2) is 16.0 Å². The fraction of sp³-hybridized carbons (Fsp3) is 0.692.